The monoisotopic (exact) mass is 167 g/mol. The van der Waals surface area contributed by atoms with Gasteiger partial charge in [-0.05, 0) is 13.0 Å². The van der Waals surface area contributed by atoms with Crippen molar-refractivity contribution in [2.75, 3.05) is 6.61 Å². The Balaban J connectivity index is 2.57. The highest BCUT2D eigenvalue weighted by atomic mass is 16.5. The summed E-state index contributed by atoms with van der Waals surface area (Å²) in [5.74, 6) is -0.542. The minimum absolute atomic E-state index is 0.175. The van der Waals surface area contributed by atoms with Crippen LogP contribution >= 0.6 is 0 Å². The fraction of sp³-hybridized carbons (Fsp3) is 0.286. The molecule has 2 N–H and O–H groups in total. The Morgan fingerprint density at radius 3 is 3.08 bits per heavy atom. The molecule has 1 amide bonds. The summed E-state index contributed by atoms with van der Waals surface area (Å²) in [6.45, 7) is 1.61. The van der Waals surface area contributed by atoms with Crippen molar-refractivity contribution in [1.82, 2.24) is 9.97 Å². The summed E-state index contributed by atoms with van der Waals surface area (Å²) in [5, 5.41) is 0. The second-order valence-corrected chi connectivity index (χ2v) is 2.24. The Morgan fingerprint density at radius 2 is 2.50 bits per heavy atom. The Kier molecular flexibility index (Phi) is 2.57. The third kappa shape index (κ3) is 2.53. The van der Waals surface area contributed by atoms with Crippen molar-refractivity contribution in [3.63, 3.8) is 0 Å². The van der Waals surface area contributed by atoms with Crippen LogP contribution in [0.25, 0.3) is 0 Å². The predicted octanol–water partition coefficient (Wildman–Crippen LogP) is -0.351. The van der Waals surface area contributed by atoms with Gasteiger partial charge in [-0.3, -0.25) is 4.79 Å². The van der Waals surface area contributed by atoms with E-state index in [1.54, 1.807) is 19.2 Å². The number of nitrogens with two attached hydrogens (primary N) is 1. The molecule has 5 nitrogen and oxygen atoms in total. The van der Waals surface area contributed by atoms with Gasteiger partial charge in [0.2, 0.25) is 0 Å². The van der Waals surface area contributed by atoms with Crippen LogP contribution in [0, 0.1) is 6.92 Å². The maximum Gasteiger partial charge on any atom is 0.317 e. The number of aromatic nitrogens is 2. The Morgan fingerprint density at radius 1 is 1.75 bits per heavy atom. The SMILES string of the molecule is Cc1ccnc(OCC(N)=O)n1. The number of ether oxygens (including phenoxy) is 1. The zero-order valence-electron chi connectivity index (χ0n) is 6.65. The molecule has 0 saturated carbocycles. The lowest BCUT2D eigenvalue weighted by atomic mass is 10.5. The fourth-order valence-corrected chi connectivity index (χ4v) is 0.631. The van der Waals surface area contributed by atoms with Gasteiger partial charge in [0.1, 0.15) is 0 Å². The topological polar surface area (TPSA) is 78.1 Å². The highest BCUT2D eigenvalue weighted by Gasteiger charge is 1.99. The lowest BCUT2D eigenvalue weighted by Gasteiger charge is -2.00. The number of rotatable bonds is 3. The first-order chi connectivity index (χ1) is 5.68. The summed E-state index contributed by atoms with van der Waals surface area (Å²) in [5.41, 5.74) is 5.64. The van der Waals surface area contributed by atoms with E-state index in [0.29, 0.717) is 0 Å². The third-order valence-electron chi connectivity index (χ3n) is 1.12. The normalized spacial score (nSPS) is 9.42. The molecule has 1 aromatic rings. The van der Waals surface area contributed by atoms with Gasteiger partial charge in [0.15, 0.2) is 6.61 Å². The van der Waals surface area contributed by atoms with Gasteiger partial charge in [0.05, 0.1) is 0 Å². The maximum absolute atomic E-state index is 10.3. The molecule has 0 radical (unpaired) electrons. The summed E-state index contributed by atoms with van der Waals surface area (Å²) in [6.07, 6.45) is 1.55. The van der Waals surface area contributed by atoms with E-state index in [0.717, 1.165) is 5.69 Å². The molecule has 0 atom stereocenters. The lowest BCUT2D eigenvalue weighted by Crippen LogP contribution is -2.20. The van der Waals surface area contributed by atoms with E-state index in [1.807, 2.05) is 0 Å². The number of carbonyl (C=O) groups excluding carboxylic acids is 1. The van der Waals surface area contributed by atoms with E-state index in [9.17, 15) is 4.79 Å². The van der Waals surface area contributed by atoms with Crippen molar-refractivity contribution in [2.24, 2.45) is 5.73 Å². The minimum atomic E-state index is -0.542. The number of aryl methyl sites for hydroxylation is 1. The van der Waals surface area contributed by atoms with Crippen LogP contribution in [-0.4, -0.2) is 22.5 Å². The van der Waals surface area contributed by atoms with Crippen LogP contribution in [0.1, 0.15) is 5.69 Å². The van der Waals surface area contributed by atoms with Gasteiger partial charge < -0.3 is 10.5 Å². The van der Waals surface area contributed by atoms with Crippen LogP contribution in [0.15, 0.2) is 12.3 Å². The number of carbonyl (C=O) groups is 1. The standard InChI is InChI=1S/C7H9N3O2/c1-5-2-3-9-7(10-5)12-4-6(8)11/h2-3H,4H2,1H3,(H2,8,11). The molecule has 0 fully saturated rings. The van der Waals surface area contributed by atoms with Crippen LogP contribution in [0.3, 0.4) is 0 Å². The summed E-state index contributed by atoms with van der Waals surface area (Å²) in [7, 11) is 0. The fourth-order valence-electron chi connectivity index (χ4n) is 0.631. The lowest BCUT2D eigenvalue weighted by molar-refractivity contribution is -0.120. The van der Waals surface area contributed by atoms with Crippen LogP contribution in [-0.2, 0) is 4.79 Å². The molecule has 0 saturated heterocycles. The van der Waals surface area contributed by atoms with Crippen LogP contribution < -0.4 is 10.5 Å². The van der Waals surface area contributed by atoms with Crippen LogP contribution in [0.2, 0.25) is 0 Å². The first kappa shape index (κ1) is 8.45. The van der Waals surface area contributed by atoms with E-state index in [-0.39, 0.29) is 12.6 Å². The smallest absolute Gasteiger partial charge is 0.317 e. The summed E-state index contributed by atoms with van der Waals surface area (Å²) >= 11 is 0. The molecular weight excluding hydrogens is 158 g/mol. The molecule has 64 valence electrons. The van der Waals surface area contributed by atoms with E-state index in [4.69, 9.17) is 10.5 Å². The van der Waals surface area contributed by atoms with Crippen LogP contribution in [0.4, 0.5) is 0 Å². The van der Waals surface area contributed by atoms with Gasteiger partial charge in [0.25, 0.3) is 5.91 Å². The second kappa shape index (κ2) is 3.66. The van der Waals surface area contributed by atoms with Crippen molar-refractivity contribution < 1.29 is 9.53 Å². The predicted molar refractivity (Wildman–Crippen MR) is 41.5 cm³/mol. The maximum atomic E-state index is 10.3. The van der Waals surface area contributed by atoms with Crippen molar-refractivity contribution in [3.05, 3.63) is 18.0 Å². The summed E-state index contributed by atoms with van der Waals surface area (Å²) in [6, 6.07) is 1.91. The molecule has 0 bridgehead atoms. The summed E-state index contributed by atoms with van der Waals surface area (Å²) < 4.78 is 4.85. The van der Waals surface area contributed by atoms with Crippen molar-refractivity contribution in [2.45, 2.75) is 6.92 Å². The molecule has 0 aromatic carbocycles. The Hall–Kier alpha value is -1.65. The number of amides is 1. The number of nitrogens with zero attached hydrogens (tertiary/aromatic N) is 2. The van der Waals surface area contributed by atoms with Crippen molar-refractivity contribution in [3.8, 4) is 6.01 Å². The molecule has 1 rings (SSSR count). The highest BCUT2D eigenvalue weighted by Crippen LogP contribution is 2.00. The molecule has 1 heterocycles. The number of hydrogen-bond acceptors (Lipinski definition) is 4. The molecular formula is C7H9N3O2. The largest absolute Gasteiger partial charge is 0.453 e. The first-order valence-corrected chi connectivity index (χ1v) is 3.39. The third-order valence-corrected chi connectivity index (χ3v) is 1.12. The highest BCUT2D eigenvalue weighted by molar-refractivity contribution is 5.75. The number of hydrogen-bond donors (Lipinski definition) is 1. The van der Waals surface area contributed by atoms with E-state index in [1.165, 1.54) is 0 Å². The molecule has 0 aliphatic carbocycles. The zero-order chi connectivity index (χ0) is 8.97. The molecule has 0 aliphatic rings. The average Bonchev–Trinajstić information content (AvgIpc) is 2.01. The van der Waals surface area contributed by atoms with E-state index >= 15 is 0 Å². The van der Waals surface area contributed by atoms with Crippen molar-refractivity contribution in [1.29, 1.82) is 0 Å². The van der Waals surface area contributed by atoms with Gasteiger partial charge in [-0.2, -0.15) is 0 Å². The molecule has 5 heteroatoms. The zero-order valence-corrected chi connectivity index (χ0v) is 6.65. The Bertz CT molecular complexity index is 288. The van der Waals surface area contributed by atoms with E-state index in [2.05, 4.69) is 9.97 Å². The molecule has 0 spiro atoms. The van der Waals surface area contributed by atoms with Gasteiger partial charge >= 0.3 is 6.01 Å². The Labute approximate surface area is 69.6 Å². The van der Waals surface area contributed by atoms with Crippen LogP contribution in [0.5, 0.6) is 6.01 Å². The second-order valence-electron chi connectivity index (χ2n) is 2.24. The molecule has 12 heavy (non-hydrogen) atoms. The average molecular weight is 167 g/mol. The summed E-state index contributed by atoms with van der Waals surface area (Å²) in [4.78, 5) is 18.0. The van der Waals surface area contributed by atoms with Gasteiger partial charge in [-0.15, -0.1) is 0 Å². The number of primary amides is 1. The quantitative estimate of drug-likeness (QED) is 0.667. The van der Waals surface area contributed by atoms with Gasteiger partial charge in [-0.25, -0.2) is 9.97 Å². The van der Waals surface area contributed by atoms with E-state index < -0.39 is 5.91 Å². The minimum Gasteiger partial charge on any atom is -0.453 e. The molecule has 0 aliphatic heterocycles. The van der Waals surface area contributed by atoms with Gasteiger partial charge in [0, 0.05) is 11.9 Å². The van der Waals surface area contributed by atoms with Gasteiger partial charge in [-0.1, -0.05) is 0 Å². The molecule has 0 unspecified atom stereocenters. The molecule has 1 aromatic heterocycles. The first-order valence-electron chi connectivity index (χ1n) is 3.39. The van der Waals surface area contributed by atoms with Crippen molar-refractivity contribution >= 4 is 5.91 Å².